The highest BCUT2D eigenvalue weighted by Gasteiger charge is 2.22. The Kier molecular flexibility index (Phi) is 8.07. The normalized spacial score (nSPS) is 14.2. The van der Waals surface area contributed by atoms with Gasteiger partial charge >= 0.3 is 0 Å². The Balaban J connectivity index is 3.81. The molecular formula is C13H29NO. The first-order chi connectivity index (χ1) is 7.02. The van der Waals surface area contributed by atoms with Gasteiger partial charge in [-0.2, -0.15) is 0 Å². The van der Waals surface area contributed by atoms with Gasteiger partial charge in [0.15, 0.2) is 0 Å². The lowest BCUT2D eigenvalue weighted by Gasteiger charge is -2.31. The zero-order valence-corrected chi connectivity index (χ0v) is 11.2. The molecule has 0 fully saturated rings. The second-order valence-corrected chi connectivity index (χ2v) is 5.36. The maximum absolute atomic E-state index is 5.07. The fourth-order valence-corrected chi connectivity index (χ4v) is 1.75. The van der Waals surface area contributed by atoms with Crippen molar-refractivity contribution in [1.82, 2.24) is 5.32 Å². The summed E-state index contributed by atoms with van der Waals surface area (Å²) >= 11 is 0. The molecule has 0 aromatic rings. The number of rotatable bonds is 8. The van der Waals surface area contributed by atoms with E-state index in [1.165, 1.54) is 25.7 Å². The van der Waals surface area contributed by atoms with Crippen molar-refractivity contribution >= 4 is 0 Å². The average Bonchev–Trinajstić information content (AvgIpc) is 2.15. The molecule has 0 saturated heterocycles. The third-order valence-corrected chi connectivity index (χ3v) is 2.78. The fourth-order valence-electron chi connectivity index (χ4n) is 1.75. The summed E-state index contributed by atoms with van der Waals surface area (Å²) in [6, 6.07) is 0.634. The summed E-state index contributed by atoms with van der Waals surface area (Å²) in [5.41, 5.74) is 0.363. The van der Waals surface area contributed by atoms with E-state index >= 15 is 0 Å². The monoisotopic (exact) mass is 215 g/mol. The van der Waals surface area contributed by atoms with Crippen molar-refractivity contribution in [2.75, 3.05) is 20.3 Å². The summed E-state index contributed by atoms with van der Waals surface area (Å²) in [6.45, 7) is 11.2. The average molecular weight is 215 g/mol. The lowest BCUT2D eigenvalue weighted by molar-refractivity contribution is 0.184. The van der Waals surface area contributed by atoms with Crippen molar-refractivity contribution in [3.63, 3.8) is 0 Å². The van der Waals surface area contributed by atoms with Gasteiger partial charge in [-0.3, -0.25) is 0 Å². The molecule has 0 aromatic carbocycles. The van der Waals surface area contributed by atoms with Crippen LogP contribution in [0.5, 0.6) is 0 Å². The van der Waals surface area contributed by atoms with Crippen LogP contribution in [-0.2, 0) is 4.74 Å². The maximum Gasteiger partial charge on any atom is 0.0462 e. The number of hydrogen-bond donors (Lipinski definition) is 1. The van der Waals surface area contributed by atoms with E-state index in [0.29, 0.717) is 11.5 Å². The van der Waals surface area contributed by atoms with Gasteiger partial charge in [0, 0.05) is 19.8 Å². The molecule has 0 rings (SSSR count). The zero-order chi connectivity index (χ0) is 11.7. The molecule has 1 atom stereocenters. The van der Waals surface area contributed by atoms with Gasteiger partial charge in [-0.05, 0) is 37.6 Å². The molecule has 0 aliphatic heterocycles. The number of unbranched alkanes of at least 4 members (excludes halogenated alkanes) is 1. The Bertz CT molecular complexity index is 140. The lowest BCUT2D eigenvalue weighted by atomic mass is 9.83. The van der Waals surface area contributed by atoms with Crippen LogP contribution in [0.15, 0.2) is 0 Å². The Morgan fingerprint density at radius 1 is 1.20 bits per heavy atom. The minimum atomic E-state index is 0.363. The molecule has 1 unspecified atom stereocenters. The van der Waals surface area contributed by atoms with Crippen LogP contribution >= 0.6 is 0 Å². The van der Waals surface area contributed by atoms with Gasteiger partial charge in [-0.15, -0.1) is 0 Å². The topological polar surface area (TPSA) is 21.3 Å². The van der Waals surface area contributed by atoms with Gasteiger partial charge in [0.2, 0.25) is 0 Å². The zero-order valence-electron chi connectivity index (χ0n) is 11.2. The molecule has 2 nitrogen and oxygen atoms in total. The number of hydrogen-bond acceptors (Lipinski definition) is 2. The van der Waals surface area contributed by atoms with Crippen LogP contribution in [0.2, 0.25) is 0 Å². The molecule has 0 saturated carbocycles. The van der Waals surface area contributed by atoms with Crippen molar-refractivity contribution in [2.24, 2.45) is 5.41 Å². The summed E-state index contributed by atoms with van der Waals surface area (Å²) in [5.74, 6) is 0. The first kappa shape index (κ1) is 14.9. The van der Waals surface area contributed by atoms with Crippen LogP contribution in [0.25, 0.3) is 0 Å². The predicted octanol–water partition coefficient (Wildman–Crippen LogP) is 3.22. The Labute approximate surface area is 95.8 Å². The van der Waals surface area contributed by atoms with E-state index < -0.39 is 0 Å². The van der Waals surface area contributed by atoms with Crippen molar-refractivity contribution in [3.8, 4) is 0 Å². The summed E-state index contributed by atoms with van der Waals surface area (Å²) in [5, 5.41) is 3.65. The van der Waals surface area contributed by atoms with Gasteiger partial charge in [0.25, 0.3) is 0 Å². The Morgan fingerprint density at radius 2 is 1.87 bits per heavy atom. The van der Waals surface area contributed by atoms with Gasteiger partial charge < -0.3 is 10.1 Å². The molecule has 0 amide bonds. The van der Waals surface area contributed by atoms with Crippen molar-refractivity contribution < 1.29 is 4.74 Å². The lowest BCUT2D eigenvalue weighted by Crippen LogP contribution is -2.40. The molecule has 1 N–H and O–H groups in total. The standard InChI is InChI=1S/C13H29NO/c1-6-10-14-12(13(2,3)4)9-7-8-11-15-5/h12,14H,6-11H2,1-5H3. The second-order valence-electron chi connectivity index (χ2n) is 5.36. The van der Waals surface area contributed by atoms with E-state index in [2.05, 4.69) is 33.0 Å². The molecule has 0 aliphatic carbocycles. The minimum Gasteiger partial charge on any atom is -0.385 e. The molecular weight excluding hydrogens is 186 g/mol. The molecule has 2 heteroatoms. The first-order valence-corrected chi connectivity index (χ1v) is 6.24. The molecule has 0 aliphatic rings. The SMILES string of the molecule is CCCNC(CCCCOC)C(C)(C)C. The summed E-state index contributed by atoms with van der Waals surface area (Å²) in [7, 11) is 1.77. The van der Waals surface area contributed by atoms with Crippen LogP contribution in [0, 0.1) is 5.41 Å². The van der Waals surface area contributed by atoms with Gasteiger partial charge in [0.1, 0.15) is 0 Å². The van der Waals surface area contributed by atoms with Gasteiger partial charge in [-0.25, -0.2) is 0 Å². The molecule has 0 bridgehead atoms. The van der Waals surface area contributed by atoms with E-state index in [1.54, 1.807) is 7.11 Å². The summed E-state index contributed by atoms with van der Waals surface area (Å²) < 4.78 is 5.07. The van der Waals surface area contributed by atoms with Gasteiger partial charge in [-0.1, -0.05) is 27.7 Å². The van der Waals surface area contributed by atoms with E-state index in [4.69, 9.17) is 4.74 Å². The third-order valence-electron chi connectivity index (χ3n) is 2.78. The molecule has 0 spiro atoms. The van der Waals surface area contributed by atoms with Crippen LogP contribution in [0.3, 0.4) is 0 Å². The number of nitrogens with one attached hydrogen (secondary N) is 1. The van der Waals surface area contributed by atoms with Crippen LogP contribution < -0.4 is 5.32 Å². The summed E-state index contributed by atoms with van der Waals surface area (Å²) in [6.07, 6.45) is 4.90. The van der Waals surface area contributed by atoms with Crippen molar-refractivity contribution in [3.05, 3.63) is 0 Å². The molecule has 0 heterocycles. The molecule has 0 aromatic heterocycles. The quantitative estimate of drug-likeness (QED) is 0.628. The van der Waals surface area contributed by atoms with E-state index in [-0.39, 0.29) is 0 Å². The fraction of sp³-hybridized carbons (Fsp3) is 1.00. The smallest absolute Gasteiger partial charge is 0.0462 e. The van der Waals surface area contributed by atoms with Crippen molar-refractivity contribution in [1.29, 1.82) is 0 Å². The largest absolute Gasteiger partial charge is 0.385 e. The number of methoxy groups -OCH3 is 1. The second kappa shape index (κ2) is 8.12. The molecule has 92 valence electrons. The molecule has 15 heavy (non-hydrogen) atoms. The van der Waals surface area contributed by atoms with Crippen LogP contribution in [-0.4, -0.2) is 26.3 Å². The van der Waals surface area contributed by atoms with E-state index in [9.17, 15) is 0 Å². The molecule has 0 radical (unpaired) electrons. The van der Waals surface area contributed by atoms with E-state index in [1.807, 2.05) is 0 Å². The highest BCUT2D eigenvalue weighted by atomic mass is 16.5. The Morgan fingerprint density at radius 3 is 2.33 bits per heavy atom. The minimum absolute atomic E-state index is 0.363. The van der Waals surface area contributed by atoms with Crippen LogP contribution in [0.1, 0.15) is 53.4 Å². The van der Waals surface area contributed by atoms with E-state index in [0.717, 1.165) is 13.2 Å². The third kappa shape index (κ3) is 7.80. The van der Waals surface area contributed by atoms with Gasteiger partial charge in [0.05, 0.1) is 0 Å². The van der Waals surface area contributed by atoms with Crippen molar-refractivity contribution in [2.45, 2.75) is 59.4 Å². The van der Waals surface area contributed by atoms with Crippen LogP contribution in [0.4, 0.5) is 0 Å². The highest BCUT2D eigenvalue weighted by Crippen LogP contribution is 2.23. The maximum atomic E-state index is 5.07. The first-order valence-electron chi connectivity index (χ1n) is 6.24. The number of ether oxygens (including phenoxy) is 1. The Hall–Kier alpha value is -0.0800. The summed E-state index contributed by atoms with van der Waals surface area (Å²) in [4.78, 5) is 0. The predicted molar refractivity (Wildman–Crippen MR) is 67.3 cm³/mol. The highest BCUT2D eigenvalue weighted by molar-refractivity contribution is 4.80.